The third-order valence-electron chi connectivity index (χ3n) is 5.36. The Hall–Kier alpha value is -1.56. The molecule has 2 saturated carbocycles. The van der Waals surface area contributed by atoms with Gasteiger partial charge in [0.15, 0.2) is 0 Å². The number of carbonyl (C=O) groups excluding carboxylic acids is 1. The average Bonchev–Trinajstić information content (AvgIpc) is 3.21. The Kier molecular flexibility index (Phi) is 3.36. The van der Waals surface area contributed by atoms with Crippen LogP contribution in [0.1, 0.15) is 36.6 Å². The van der Waals surface area contributed by atoms with Crippen LogP contribution in [0, 0.1) is 22.0 Å². The minimum atomic E-state index is -0.336. The maximum absolute atomic E-state index is 12.4. The third-order valence-corrected chi connectivity index (χ3v) is 6.57. The van der Waals surface area contributed by atoms with E-state index in [0.717, 1.165) is 12.3 Å². The molecule has 1 saturated heterocycles. The summed E-state index contributed by atoms with van der Waals surface area (Å²) < 4.78 is 0. The lowest BCUT2D eigenvalue weighted by atomic mass is 9.93. The van der Waals surface area contributed by atoms with Crippen LogP contribution in [0.2, 0.25) is 0 Å². The number of nitro benzene ring substituents is 1. The van der Waals surface area contributed by atoms with Crippen LogP contribution in [0.5, 0.6) is 0 Å². The second kappa shape index (κ2) is 5.26. The van der Waals surface area contributed by atoms with Gasteiger partial charge in [-0.15, -0.1) is 11.8 Å². The molecule has 3 fully saturated rings. The molecule has 3 aliphatic rings. The maximum Gasteiger partial charge on any atom is 0.275 e. The summed E-state index contributed by atoms with van der Waals surface area (Å²) in [5.41, 5.74) is 0.800. The third kappa shape index (κ3) is 2.12. The topological polar surface area (TPSA) is 63.4 Å². The smallest absolute Gasteiger partial charge is 0.275 e. The van der Waals surface area contributed by atoms with Crippen LogP contribution in [-0.2, 0) is 4.79 Å². The summed E-state index contributed by atoms with van der Waals surface area (Å²) in [5, 5.41) is 11.1. The molecule has 4 rings (SSSR count). The SMILES string of the molecule is O=C1CS[C@H](c2ccccc2[N+](=O)[O-])N1[C@H]1C[C@H]2CC[C@H]1C2. The van der Waals surface area contributed by atoms with Crippen molar-refractivity contribution in [2.75, 3.05) is 5.75 Å². The van der Waals surface area contributed by atoms with Gasteiger partial charge in [0.25, 0.3) is 5.69 Å². The molecule has 0 spiro atoms. The Labute approximate surface area is 133 Å². The molecular weight excluding hydrogens is 300 g/mol. The van der Waals surface area contributed by atoms with Crippen molar-refractivity contribution in [2.24, 2.45) is 11.8 Å². The molecule has 116 valence electrons. The van der Waals surface area contributed by atoms with Gasteiger partial charge in [0.05, 0.1) is 16.2 Å². The van der Waals surface area contributed by atoms with Gasteiger partial charge < -0.3 is 4.90 Å². The number of hydrogen-bond donors (Lipinski definition) is 0. The van der Waals surface area contributed by atoms with Crippen LogP contribution < -0.4 is 0 Å². The summed E-state index contributed by atoms with van der Waals surface area (Å²) >= 11 is 1.53. The van der Waals surface area contributed by atoms with E-state index >= 15 is 0 Å². The Bertz CT molecular complexity index is 636. The largest absolute Gasteiger partial charge is 0.322 e. The van der Waals surface area contributed by atoms with E-state index in [0.29, 0.717) is 17.2 Å². The second-order valence-corrected chi connectivity index (χ2v) is 7.59. The monoisotopic (exact) mass is 318 g/mol. The molecule has 0 aromatic heterocycles. The standard InChI is InChI=1S/C16H18N2O3S/c19-15-9-22-16(12-3-1-2-4-13(12)18(20)21)17(15)14-8-10-5-6-11(14)7-10/h1-4,10-11,14,16H,5-9H2/t10-,11-,14-,16+/m0/s1. The normalized spacial score (nSPS) is 33.6. The first-order chi connectivity index (χ1) is 10.6. The molecule has 1 amide bonds. The first-order valence-corrected chi connectivity index (χ1v) is 8.86. The van der Waals surface area contributed by atoms with Crippen LogP contribution in [-0.4, -0.2) is 27.5 Å². The molecule has 5 nitrogen and oxygen atoms in total. The van der Waals surface area contributed by atoms with Gasteiger partial charge in [-0.25, -0.2) is 0 Å². The number of benzene rings is 1. The zero-order valence-electron chi connectivity index (χ0n) is 12.2. The number of para-hydroxylation sites is 1. The summed E-state index contributed by atoms with van der Waals surface area (Å²) in [4.78, 5) is 25.4. The van der Waals surface area contributed by atoms with E-state index in [9.17, 15) is 14.9 Å². The van der Waals surface area contributed by atoms with Gasteiger partial charge in [0.1, 0.15) is 5.37 Å². The highest BCUT2D eigenvalue weighted by atomic mass is 32.2. The van der Waals surface area contributed by atoms with Gasteiger partial charge in [-0.05, 0) is 37.2 Å². The fraction of sp³-hybridized carbons (Fsp3) is 0.562. The van der Waals surface area contributed by atoms with Crippen molar-refractivity contribution >= 4 is 23.4 Å². The summed E-state index contributed by atoms with van der Waals surface area (Å²) in [5.74, 6) is 1.92. The van der Waals surface area contributed by atoms with Crippen LogP contribution in [0.25, 0.3) is 0 Å². The van der Waals surface area contributed by atoms with Crippen molar-refractivity contribution in [3.05, 3.63) is 39.9 Å². The molecule has 0 N–H and O–H groups in total. The van der Waals surface area contributed by atoms with E-state index in [1.165, 1.54) is 37.1 Å². The number of carbonyl (C=O) groups is 1. The van der Waals surface area contributed by atoms with E-state index < -0.39 is 0 Å². The summed E-state index contributed by atoms with van der Waals surface area (Å²) in [6.07, 6.45) is 4.79. The second-order valence-electron chi connectivity index (χ2n) is 6.52. The van der Waals surface area contributed by atoms with Gasteiger partial charge in [0.2, 0.25) is 5.91 Å². The minimum Gasteiger partial charge on any atom is -0.322 e. The molecular formula is C16H18N2O3S. The van der Waals surface area contributed by atoms with Gasteiger partial charge in [-0.2, -0.15) is 0 Å². The van der Waals surface area contributed by atoms with Crippen molar-refractivity contribution in [3.63, 3.8) is 0 Å². The highest BCUT2D eigenvalue weighted by Crippen LogP contribution is 2.52. The zero-order chi connectivity index (χ0) is 15.3. The first-order valence-electron chi connectivity index (χ1n) is 7.81. The van der Waals surface area contributed by atoms with E-state index in [4.69, 9.17) is 0 Å². The molecule has 1 aromatic rings. The molecule has 0 unspecified atom stereocenters. The van der Waals surface area contributed by atoms with Crippen molar-refractivity contribution < 1.29 is 9.72 Å². The molecule has 1 aliphatic heterocycles. The highest BCUT2D eigenvalue weighted by Gasteiger charge is 2.49. The van der Waals surface area contributed by atoms with Crippen molar-refractivity contribution in [2.45, 2.75) is 37.1 Å². The fourth-order valence-corrected chi connectivity index (χ4v) is 5.71. The summed E-state index contributed by atoms with van der Waals surface area (Å²) in [7, 11) is 0. The Morgan fingerprint density at radius 3 is 2.73 bits per heavy atom. The van der Waals surface area contributed by atoms with Crippen LogP contribution in [0.15, 0.2) is 24.3 Å². The van der Waals surface area contributed by atoms with E-state index in [1.54, 1.807) is 12.1 Å². The number of nitro groups is 1. The van der Waals surface area contributed by atoms with E-state index in [-0.39, 0.29) is 27.9 Å². The summed E-state index contributed by atoms with van der Waals surface area (Å²) in [6, 6.07) is 7.13. The Balaban J connectivity index is 1.69. The lowest BCUT2D eigenvalue weighted by Crippen LogP contribution is -2.41. The van der Waals surface area contributed by atoms with Gasteiger partial charge in [-0.3, -0.25) is 14.9 Å². The molecule has 6 heteroatoms. The Morgan fingerprint density at radius 2 is 2.05 bits per heavy atom. The zero-order valence-corrected chi connectivity index (χ0v) is 13.0. The lowest BCUT2D eigenvalue weighted by molar-refractivity contribution is -0.385. The summed E-state index contributed by atoms with van der Waals surface area (Å²) in [6.45, 7) is 0. The van der Waals surface area contributed by atoms with Crippen LogP contribution >= 0.6 is 11.8 Å². The molecule has 4 atom stereocenters. The molecule has 2 bridgehead atoms. The molecule has 1 aromatic carbocycles. The number of thioether (sulfide) groups is 1. The number of amides is 1. The number of rotatable bonds is 3. The quantitative estimate of drug-likeness (QED) is 0.633. The van der Waals surface area contributed by atoms with Gasteiger partial charge in [0, 0.05) is 12.1 Å². The predicted molar refractivity (Wildman–Crippen MR) is 84.4 cm³/mol. The maximum atomic E-state index is 12.4. The Morgan fingerprint density at radius 1 is 1.23 bits per heavy atom. The number of hydrogen-bond acceptors (Lipinski definition) is 4. The van der Waals surface area contributed by atoms with E-state index in [1.807, 2.05) is 11.0 Å². The minimum absolute atomic E-state index is 0.128. The molecule has 2 aliphatic carbocycles. The first kappa shape index (κ1) is 14.1. The number of fused-ring (bicyclic) bond motifs is 2. The fourth-order valence-electron chi connectivity index (χ4n) is 4.45. The lowest BCUT2D eigenvalue weighted by Gasteiger charge is -2.35. The van der Waals surface area contributed by atoms with Crippen molar-refractivity contribution in [1.82, 2.24) is 4.90 Å². The van der Waals surface area contributed by atoms with Crippen LogP contribution in [0.3, 0.4) is 0 Å². The molecule has 1 heterocycles. The van der Waals surface area contributed by atoms with Gasteiger partial charge in [-0.1, -0.05) is 18.6 Å². The average molecular weight is 318 g/mol. The number of nitrogens with zero attached hydrogens (tertiary/aromatic N) is 2. The van der Waals surface area contributed by atoms with Crippen LogP contribution in [0.4, 0.5) is 5.69 Å². The highest BCUT2D eigenvalue weighted by molar-refractivity contribution is 8.00. The predicted octanol–water partition coefficient (Wildman–Crippen LogP) is 3.36. The molecule has 22 heavy (non-hydrogen) atoms. The van der Waals surface area contributed by atoms with Gasteiger partial charge >= 0.3 is 0 Å². The molecule has 0 radical (unpaired) electrons. The van der Waals surface area contributed by atoms with Crippen molar-refractivity contribution in [1.29, 1.82) is 0 Å². The van der Waals surface area contributed by atoms with E-state index in [2.05, 4.69) is 0 Å². The van der Waals surface area contributed by atoms with Crippen molar-refractivity contribution in [3.8, 4) is 0 Å².